The van der Waals surface area contributed by atoms with E-state index in [-0.39, 0.29) is 30.8 Å². The Morgan fingerprint density at radius 1 is 1.29 bits per heavy atom. The lowest BCUT2D eigenvalue weighted by atomic mass is 9.73. The number of amides is 2. The Morgan fingerprint density at radius 2 is 1.96 bits per heavy atom. The fraction of sp³-hybridized carbons (Fsp3) is 0.529. The third kappa shape index (κ3) is 3.48. The van der Waals surface area contributed by atoms with Crippen LogP contribution in [-0.4, -0.2) is 41.1 Å². The molecule has 1 saturated heterocycles. The van der Waals surface area contributed by atoms with Crippen LogP contribution < -0.4 is 5.32 Å². The van der Waals surface area contributed by atoms with Crippen molar-refractivity contribution in [2.45, 2.75) is 37.4 Å². The summed E-state index contributed by atoms with van der Waals surface area (Å²) < 4.78 is 14.8. The van der Waals surface area contributed by atoms with E-state index < -0.39 is 11.6 Å². The van der Waals surface area contributed by atoms with Crippen molar-refractivity contribution in [3.05, 3.63) is 34.9 Å². The highest BCUT2D eigenvalue weighted by atomic mass is 35.5. The van der Waals surface area contributed by atoms with Crippen molar-refractivity contribution in [3.63, 3.8) is 0 Å². The van der Waals surface area contributed by atoms with Crippen LogP contribution in [-0.2, 0) is 10.5 Å². The molecule has 1 aromatic rings. The molecule has 2 N–H and O–H groups in total. The minimum Gasteiger partial charge on any atom is -0.481 e. The maximum Gasteiger partial charge on any atom is 0.317 e. The van der Waals surface area contributed by atoms with Crippen molar-refractivity contribution in [1.82, 2.24) is 10.2 Å². The monoisotopic (exact) mass is 354 g/mol. The van der Waals surface area contributed by atoms with Gasteiger partial charge in [-0.15, -0.1) is 0 Å². The maximum atomic E-state index is 14.8. The smallest absolute Gasteiger partial charge is 0.317 e. The number of carboxylic acid groups (broad SMARTS) is 1. The van der Waals surface area contributed by atoms with E-state index in [0.717, 1.165) is 0 Å². The summed E-state index contributed by atoms with van der Waals surface area (Å²) in [6.07, 6.45) is 1.38. The average Bonchev–Trinajstić information content (AvgIpc) is 2.53. The van der Waals surface area contributed by atoms with E-state index in [9.17, 15) is 14.0 Å². The third-order valence-electron chi connectivity index (χ3n) is 4.94. The minimum atomic E-state index is -1.45. The number of benzene rings is 1. The van der Waals surface area contributed by atoms with Crippen LogP contribution in [0.2, 0.25) is 5.02 Å². The minimum absolute atomic E-state index is 0.210. The van der Waals surface area contributed by atoms with E-state index in [1.165, 1.54) is 0 Å². The molecule has 24 heavy (non-hydrogen) atoms. The van der Waals surface area contributed by atoms with Gasteiger partial charge in [0, 0.05) is 37.0 Å². The Labute approximate surface area is 144 Å². The van der Waals surface area contributed by atoms with Crippen molar-refractivity contribution < 1.29 is 19.1 Å². The number of aliphatic carboxylic acids is 1. The number of alkyl halides is 1. The lowest BCUT2D eigenvalue weighted by molar-refractivity contribution is -0.143. The highest BCUT2D eigenvalue weighted by Crippen LogP contribution is 2.45. The van der Waals surface area contributed by atoms with E-state index in [1.807, 2.05) is 0 Å². The van der Waals surface area contributed by atoms with Gasteiger partial charge >= 0.3 is 12.0 Å². The molecule has 0 spiro atoms. The summed E-state index contributed by atoms with van der Waals surface area (Å²) in [5.74, 6) is -1.18. The van der Waals surface area contributed by atoms with Gasteiger partial charge in [0.2, 0.25) is 0 Å². The number of hydrogen-bond donors (Lipinski definition) is 2. The second-order valence-corrected chi connectivity index (χ2v) is 7.07. The second kappa shape index (κ2) is 6.59. The quantitative estimate of drug-likeness (QED) is 0.875. The van der Waals surface area contributed by atoms with Crippen molar-refractivity contribution in [1.29, 1.82) is 0 Å². The molecule has 2 fully saturated rings. The summed E-state index contributed by atoms with van der Waals surface area (Å²) in [6, 6.07) is 6.30. The van der Waals surface area contributed by atoms with Gasteiger partial charge in [-0.05, 0) is 30.5 Å². The molecule has 1 heterocycles. The molecule has 3 rings (SSSR count). The number of carbonyl (C=O) groups excluding carboxylic acids is 1. The van der Waals surface area contributed by atoms with Crippen LogP contribution in [0.25, 0.3) is 0 Å². The van der Waals surface area contributed by atoms with Gasteiger partial charge in [0.25, 0.3) is 0 Å². The van der Waals surface area contributed by atoms with Crippen LogP contribution in [0.4, 0.5) is 9.18 Å². The Bertz CT molecular complexity index is 640. The van der Waals surface area contributed by atoms with E-state index in [4.69, 9.17) is 16.7 Å². The van der Waals surface area contributed by atoms with Crippen LogP contribution in [0.15, 0.2) is 24.3 Å². The second-order valence-electron chi connectivity index (χ2n) is 6.63. The highest BCUT2D eigenvalue weighted by molar-refractivity contribution is 6.30. The molecule has 5 nitrogen and oxygen atoms in total. The number of rotatable bonds is 3. The molecule has 0 radical (unpaired) electrons. The van der Waals surface area contributed by atoms with E-state index in [2.05, 4.69) is 5.32 Å². The molecule has 2 amide bonds. The van der Waals surface area contributed by atoms with Gasteiger partial charge in [0.05, 0.1) is 5.92 Å². The third-order valence-corrected chi connectivity index (χ3v) is 5.18. The predicted molar refractivity (Wildman–Crippen MR) is 87.7 cm³/mol. The van der Waals surface area contributed by atoms with Crippen molar-refractivity contribution in [3.8, 4) is 0 Å². The van der Waals surface area contributed by atoms with Gasteiger partial charge in [-0.2, -0.15) is 0 Å². The van der Waals surface area contributed by atoms with Gasteiger partial charge in [0.1, 0.15) is 5.67 Å². The Morgan fingerprint density at radius 3 is 2.54 bits per heavy atom. The molecule has 0 unspecified atom stereocenters. The molecule has 0 aromatic heterocycles. The van der Waals surface area contributed by atoms with Gasteiger partial charge in [0.15, 0.2) is 0 Å². The van der Waals surface area contributed by atoms with Crippen LogP contribution in [0.5, 0.6) is 0 Å². The lowest BCUT2D eigenvalue weighted by Gasteiger charge is -2.43. The van der Waals surface area contributed by atoms with E-state index in [0.29, 0.717) is 36.5 Å². The summed E-state index contributed by atoms with van der Waals surface area (Å²) >= 11 is 5.90. The first-order valence-electron chi connectivity index (χ1n) is 8.10. The van der Waals surface area contributed by atoms with Crippen LogP contribution >= 0.6 is 11.6 Å². The number of nitrogens with zero attached hydrogens (tertiary/aromatic N) is 1. The van der Waals surface area contributed by atoms with E-state index >= 15 is 0 Å². The Hall–Kier alpha value is -1.82. The molecule has 1 saturated carbocycles. The Kier molecular flexibility index (Phi) is 4.67. The molecule has 1 aliphatic carbocycles. The fourth-order valence-electron chi connectivity index (χ4n) is 3.42. The van der Waals surface area contributed by atoms with Crippen molar-refractivity contribution in [2.75, 3.05) is 13.1 Å². The normalized spacial score (nSPS) is 27.4. The van der Waals surface area contributed by atoms with Gasteiger partial charge in [-0.1, -0.05) is 23.7 Å². The molecule has 0 atom stereocenters. The number of carbonyl (C=O) groups is 2. The number of urea groups is 1. The number of likely N-dealkylation sites (tertiary alicyclic amines) is 1. The molecular formula is C17H20ClFN2O3. The number of hydrogen-bond acceptors (Lipinski definition) is 2. The zero-order valence-electron chi connectivity index (χ0n) is 13.2. The molecule has 1 aromatic carbocycles. The molecule has 2 aliphatic rings. The first kappa shape index (κ1) is 17.0. The summed E-state index contributed by atoms with van der Waals surface area (Å²) in [5, 5.41) is 12.3. The number of halogens is 2. The average molecular weight is 355 g/mol. The van der Waals surface area contributed by atoms with Crippen molar-refractivity contribution >= 4 is 23.6 Å². The molecule has 1 aliphatic heterocycles. The summed E-state index contributed by atoms with van der Waals surface area (Å²) in [5.41, 5.74) is -0.901. The van der Waals surface area contributed by atoms with E-state index in [1.54, 1.807) is 29.2 Å². The number of piperidine rings is 1. The predicted octanol–water partition coefficient (Wildman–Crippen LogP) is 3.17. The van der Waals surface area contributed by atoms with Crippen LogP contribution in [0.3, 0.4) is 0 Å². The number of nitrogens with one attached hydrogen (secondary N) is 1. The molecule has 7 heteroatoms. The molecular weight excluding hydrogens is 335 g/mol. The highest BCUT2D eigenvalue weighted by Gasteiger charge is 2.47. The first-order chi connectivity index (χ1) is 11.4. The molecule has 130 valence electrons. The lowest BCUT2D eigenvalue weighted by Crippen LogP contribution is -2.55. The standard InChI is InChI=1S/C17H20ClFN2O3/c18-13-3-1-2-12(8-13)17(19)9-14(10-17)20-16(24)21-6-4-11(5-7-21)15(22)23/h1-3,8,11,14H,4-7,9-10H2,(H,20,24)(H,22,23). The summed E-state index contributed by atoms with van der Waals surface area (Å²) in [4.78, 5) is 24.7. The fourth-order valence-corrected chi connectivity index (χ4v) is 3.61. The summed E-state index contributed by atoms with van der Waals surface area (Å²) in [6.45, 7) is 0.842. The largest absolute Gasteiger partial charge is 0.481 e. The van der Waals surface area contributed by atoms with Crippen LogP contribution in [0, 0.1) is 5.92 Å². The zero-order chi connectivity index (χ0) is 17.3. The zero-order valence-corrected chi connectivity index (χ0v) is 13.9. The van der Waals surface area contributed by atoms with Crippen molar-refractivity contribution in [2.24, 2.45) is 5.92 Å². The molecule has 0 bridgehead atoms. The summed E-state index contributed by atoms with van der Waals surface area (Å²) in [7, 11) is 0. The van der Waals surface area contributed by atoms with Gasteiger partial charge in [-0.25, -0.2) is 9.18 Å². The van der Waals surface area contributed by atoms with Crippen LogP contribution in [0.1, 0.15) is 31.2 Å². The maximum absolute atomic E-state index is 14.8. The Balaban J connectivity index is 1.49. The SMILES string of the molecule is O=C(O)C1CCN(C(=O)NC2CC(F)(c3cccc(Cl)c3)C2)CC1. The van der Waals surface area contributed by atoms with Gasteiger partial charge in [-0.3, -0.25) is 4.79 Å². The topological polar surface area (TPSA) is 69.6 Å². The first-order valence-corrected chi connectivity index (χ1v) is 8.48. The van der Waals surface area contributed by atoms with Gasteiger partial charge < -0.3 is 15.3 Å². The number of carboxylic acids is 1.